The van der Waals surface area contributed by atoms with Crippen molar-refractivity contribution in [2.45, 2.75) is 86.7 Å². The molecule has 0 rings (SSSR count). The van der Waals surface area contributed by atoms with Crippen LogP contribution < -0.4 is 5.32 Å². The summed E-state index contributed by atoms with van der Waals surface area (Å²) < 4.78 is 0. The van der Waals surface area contributed by atoms with Crippen LogP contribution in [-0.4, -0.2) is 11.6 Å². The summed E-state index contributed by atoms with van der Waals surface area (Å²) in [5.41, 5.74) is 1.02. The third-order valence-corrected chi connectivity index (χ3v) is 2.53. The van der Waals surface area contributed by atoms with Crippen LogP contribution in [0.2, 0.25) is 0 Å². The van der Waals surface area contributed by atoms with E-state index in [0.29, 0.717) is 16.9 Å². The Morgan fingerprint density at radius 2 is 1.25 bits per heavy atom. The smallest absolute Gasteiger partial charge is 0.0132 e. The Labute approximate surface area is 103 Å². The first kappa shape index (κ1) is 16.0. The monoisotopic (exact) mass is 227 g/mol. The zero-order valence-electron chi connectivity index (χ0n) is 13.0. The highest BCUT2D eigenvalue weighted by atomic mass is 15.0. The van der Waals surface area contributed by atoms with Crippen molar-refractivity contribution in [3.63, 3.8) is 0 Å². The molecule has 0 aliphatic heterocycles. The number of rotatable bonds is 4. The molecule has 0 heterocycles. The summed E-state index contributed by atoms with van der Waals surface area (Å²) >= 11 is 0. The molecule has 1 unspecified atom stereocenters. The summed E-state index contributed by atoms with van der Waals surface area (Å²) in [5, 5.41) is 3.77. The summed E-state index contributed by atoms with van der Waals surface area (Å²) in [6, 6.07) is 0.581. The molecule has 0 radical (unpaired) electrons. The molecule has 0 aliphatic rings. The predicted molar refractivity (Wildman–Crippen MR) is 74.8 cm³/mol. The van der Waals surface area contributed by atoms with Crippen molar-refractivity contribution in [1.82, 2.24) is 5.32 Å². The minimum absolute atomic E-state index is 0.225. The maximum atomic E-state index is 3.77. The van der Waals surface area contributed by atoms with E-state index in [2.05, 4.69) is 67.6 Å². The molecule has 1 N–H and O–H groups in total. The highest BCUT2D eigenvalue weighted by Crippen LogP contribution is 2.28. The zero-order chi connectivity index (χ0) is 13.2. The summed E-state index contributed by atoms with van der Waals surface area (Å²) in [4.78, 5) is 0. The summed E-state index contributed by atoms with van der Waals surface area (Å²) in [7, 11) is 0. The first-order valence-electron chi connectivity index (χ1n) is 6.58. The fraction of sp³-hybridized carbons (Fsp3) is 1.00. The van der Waals surface area contributed by atoms with Crippen LogP contribution in [0.5, 0.6) is 0 Å². The molecule has 0 bridgehead atoms. The Bertz CT molecular complexity index is 202. The molecule has 0 saturated heterocycles. The van der Waals surface area contributed by atoms with Crippen LogP contribution in [0, 0.1) is 10.8 Å². The second kappa shape index (κ2) is 5.08. The molecule has 0 fully saturated rings. The van der Waals surface area contributed by atoms with E-state index in [1.807, 2.05) is 0 Å². The second-order valence-electron chi connectivity index (χ2n) is 8.43. The van der Waals surface area contributed by atoms with Gasteiger partial charge in [0.2, 0.25) is 0 Å². The number of hydrogen-bond acceptors (Lipinski definition) is 1. The summed E-state index contributed by atoms with van der Waals surface area (Å²) in [6.07, 6.45) is 2.43. The number of hydrogen-bond donors (Lipinski definition) is 1. The maximum absolute atomic E-state index is 3.77. The van der Waals surface area contributed by atoms with Crippen LogP contribution in [0.4, 0.5) is 0 Å². The van der Waals surface area contributed by atoms with Crippen LogP contribution in [0.15, 0.2) is 0 Å². The molecule has 0 aromatic rings. The molecule has 0 aromatic carbocycles. The Hall–Kier alpha value is -0.0400. The van der Waals surface area contributed by atoms with Gasteiger partial charge in [-0.25, -0.2) is 0 Å². The van der Waals surface area contributed by atoms with Gasteiger partial charge in [0.25, 0.3) is 0 Å². The normalized spacial score (nSPS) is 16.3. The van der Waals surface area contributed by atoms with Gasteiger partial charge in [0.05, 0.1) is 0 Å². The Kier molecular flexibility index (Phi) is 5.07. The predicted octanol–water partition coefficient (Wildman–Crippen LogP) is 4.62. The van der Waals surface area contributed by atoms with E-state index in [0.717, 1.165) is 0 Å². The highest BCUT2D eigenvalue weighted by Gasteiger charge is 2.27. The molecule has 16 heavy (non-hydrogen) atoms. The molecule has 0 amide bonds. The van der Waals surface area contributed by atoms with Gasteiger partial charge in [-0.15, -0.1) is 0 Å². The van der Waals surface area contributed by atoms with Crippen molar-refractivity contribution < 1.29 is 0 Å². The van der Waals surface area contributed by atoms with Crippen molar-refractivity contribution in [1.29, 1.82) is 0 Å². The van der Waals surface area contributed by atoms with Gasteiger partial charge in [-0.1, -0.05) is 41.5 Å². The van der Waals surface area contributed by atoms with Gasteiger partial charge in [0, 0.05) is 11.6 Å². The molecule has 1 atom stereocenters. The lowest BCUT2D eigenvalue weighted by molar-refractivity contribution is 0.204. The largest absolute Gasteiger partial charge is 0.309 e. The first-order chi connectivity index (χ1) is 6.81. The summed E-state index contributed by atoms with van der Waals surface area (Å²) in [5.74, 6) is 0. The van der Waals surface area contributed by atoms with Crippen molar-refractivity contribution >= 4 is 0 Å². The van der Waals surface area contributed by atoms with Crippen LogP contribution in [-0.2, 0) is 0 Å². The van der Waals surface area contributed by atoms with Gasteiger partial charge in [-0.3, -0.25) is 0 Å². The molecule has 0 spiro atoms. The molecule has 1 nitrogen and oxygen atoms in total. The molecule has 1 heteroatoms. The third kappa shape index (κ3) is 9.21. The van der Waals surface area contributed by atoms with Gasteiger partial charge < -0.3 is 5.32 Å². The average molecular weight is 227 g/mol. The first-order valence-corrected chi connectivity index (χ1v) is 6.58. The van der Waals surface area contributed by atoms with E-state index in [9.17, 15) is 0 Å². The van der Waals surface area contributed by atoms with Crippen LogP contribution in [0.3, 0.4) is 0 Å². The summed E-state index contributed by atoms with van der Waals surface area (Å²) in [6.45, 7) is 20.8. The maximum Gasteiger partial charge on any atom is 0.0132 e. The van der Waals surface area contributed by atoms with Gasteiger partial charge in [0.15, 0.2) is 0 Å². The lowest BCUT2D eigenvalue weighted by Gasteiger charge is -2.37. The van der Waals surface area contributed by atoms with Crippen molar-refractivity contribution in [2.24, 2.45) is 10.8 Å². The quantitative estimate of drug-likeness (QED) is 0.739. The van der Waals surface area contributed by atoms with E-state index in [1.165, 1.54) is 12.8 Å². The third-order valence-electron chi connectivity index (χ3n) is 2.53. The standard InChI is InChI=1S/C15H33N/c1-12(10-13(2,3)4)16-15(8,9)11-14(5,6)7/h12,16H,10-11H2,1-9H3. The second-order valence-corrected chi connectivity index (χ2v) is 8.43. The fourth-order valence-corrected chi connectivity index (χ4v) is 3.01. The molecular formula is C15H33N. The Morgan fingerprint density at radius 1 is 0.812 bits per heavy atom. The SMILES string of the molecule is CC(CC(C)(C)C)NC(C)(C)CC(C)(C)C. The van der Waals surface area contributed by atoms with Crippen LogP contribution in [0.25, 0.3) is 0 Å². The molecule has 0 aliphatic carbocycles. The topological polar surface area (TPSA) is 12.0 Å². The van der Waals surface area contributed by atoms with Crippen LogP contribution in [0.1, 0.15) is 75.2 Å². The molecule has 0 saturated carbocycles. The van der Waals surface area contributed by atoms with E-state index >= 15 is 0 Å². The van der Waals surface area contributed by atoms with Crippen molar-refractivity contribution in [3.05, 3.63) is 0 Å². The van der Waals surface area contributed by atoms with Gasteiger partial charge in [0.1, 0.15) is 0 Å². The fourth-order valence-electron chi connectivity index (χ4n) is 3.01. The Balaban J connectivity index is 4.26. The Morgan fingerprint density at radius 3 is 1.56 bits per heavy atom. The minimum Gasteiger partial charge on any atom is -0.309 e. The van der Waals surface area contributed by atoms with Gasteiger partial charge in [-0.2, -0.15) is 0 Å². The average Bonchev–Trinajstić information content (AvgIpc) is 1.70. The van der Waals surface area contributed by atoms with E-state index < -0.39 is 0 Å². The lowest BCUT2D eigenvalue weighted by Crippen LogP contribution is -2.47. The van der Waals surface area contributed by atoms with E-state index in [4.69, 9.17) is 0 Å². The lowest BCUT2D eigenvalue weighted by atomic mass is 9.80. The molecule has 0 aromatic heterocycles. The zero-order valence-corrected chi connectivity index (χ0v) is 13.0. The molecular weight excluding hydrogens is 194 g/mol. The van der Waals surface area contributed by atoms with Crippen molar-refractivity contribution in [2.75, 3.05) is 0 Å². The van der Waals surface area contributed by atoms with Gasteiger partial charge >= 0.3 is 0 Å². The van der Waals surface area contributed by atoms with Crippen molar-refractivity contribution in [3.8, 4) is 0 Å². The highest BCUT2D eigenvalue weighted by molar-refractivity contribution is 4.86. The van der Waals surface area contributed by atoms with E-state index in [-0.39, 0.29) is 5.54 Å². The van der Waals surface area contributed by atoms with Gasteiger partial charge in [-0.05, 0) is 44.4 Å². The minimum atomic E-state index is 0.225. The number of nitrogens with one attached hydrogen (secondary N) is 1. The van der Waals surface area contributed by atoms with Crippen LogP contribution >= 0.6 is 0 Å². The van der Waals surface area contributed by atoms with E-state index in [1.54, 1.807) is 0 Å². The molecule has 98 valence electrons.